The molecular formula is C14H18ClNO. The number of nitrogens with zero attached hydrogens (tertiary/aromatic N) is 1. The van der Waals surface area contributed by atoms with Gasteiger partial charge >= 0.3 is 0 Å². The maximum Gasteiger partial charge on any atom is 0.227 e. The van der Waals surface area contributed by atoms with Gasteiger partial charge in [-0.2, -0.15) is 0 Å². The molecule has 0 fully saturated rings. The van der Waals surface area contributed by atoms with Gasteiger partial charge in [-0.05, 0) is 48.9 Å². The van der Waals surface area contributed by atoms with Gasteiger partial charge in [0.2, 0.25) is 5.91 Å². The van der Waals surface area contributed by atoms with E-state index in [-0.39, 0.29) is 5.91 Å². The summed E-state index contributed by atoms with van der Waals surface area (Å²) in [5.74, 6) is 0.462. The highest BCUT2D eigenvalue weighted by atomic mass is 35.5. The number of hydrogen-bond donors (Lipinski definition) is 0. The van der Waals surface area contributed by atoms with Gasteiger partial charge in [-0.25, -0.2) is 0 Å². The van der Waals surface area contributed by atoms with Crippen molar-refractivity contribution in [1.82, 2.24) is 0 Å². The first-order valence-electron chi connectivity index (χ1n) is 6.16. The first-order chi connectivity index (χ1) is 8.22. The lowest BCUT2D eigenvalue weighted by Crippen LogP contribution is -2.26. The number of alkyl halides is 1. The molecule has 3 heteroatoms. The molecule has 1 aromatic carbocycles. The second kappa shape index (κ2) is 5.54. The van der Waals surface area contributed by atoms with E-state index >= 15 is 0 Å². The monoisotopic (exact) mass is 251 g/mol. The predicted octanol–water partition coefficient (Wildman–Crippen LogP) is 3.16. The minimum Gasteiger partial charge on any atom is -0.315 e. The number of rotatable bonds is 3. The molecule has 0 spiro atoms. The van der Waals surface area contributed by atoms with Gasteiger partial charge in [0.25, 0.3) is 0 Å². The van der Waals surface area contributed by atoms with Crippen LogP contribution in [0, 0.1) is 0 Å². The van der Waals surface area contributed by atoms with Crippen LogP contribution >= 0.6 is 11.6 Å². The van der Waals surface area contributed by atoms with Crippen molar-refractivity contribution in [3.8, 4) is 0 Å². The zero-order valence-corrected chi connectivity index (χ0v) is 11.0. The number of carbonyl (C=O) groups excluding carboxylic acids is 1. The summed E-state index contributed by atoms with van der Waals surface area (Å²) in [6.07, 6.45) is 5.26. The average molecular weight is 252 g/mol. The van der Waals surface area contributed by atoms with E-state index in [9.17, 15) is 4.79 Å². The maximum atomic E-state index is 11.8. The summed E-state index contributed by atoms with van der Waals surface area (Å²) in [5.41, 5.74) is 3.83. The molecule has 1 aromatic rings. The van der Waals surface area contributed by atoms with Crippen LogP contribution in [-0.2, 0) is 17.6 Å². The van der Waals surface area contributed by atoms with Gasteiger partial charge in [0.15, 0.2) is 0 Å². The second-order valence-corrected chi connectivity index (χ2v) is 4.93. The number of hydrogen-bond acceptors (Lipinski definition) is 1. The van der Waals surface area contributed by atoms with E-state index in [1.165, 1.54) is 30.4 Å². The van der Waals surface area contributed by atoms with Crippen LogP contribution in [0.5, 0.6) is 0 Å². The minimum absolute atomic E-state index is 0.0794. The Labute approximate surface area is 108 Å². The maximum absolute atomic E-state index is 11.8. The molecule has 92 valence electrons. The van der Waals surface area contributed by atoms with Gasteiger partial charge < -0.3 is 4.90 Å². The zero-order valence-electron chi connectivity index (χ0n) is 10.2. The molecule has 0 atom stereocenters. The van der Waals surface area contributed by atoms with Crippen molar-refractivity contribution in [3.05, 3.63) is 29.3 Å². The molecule has 2 rings (SSSR count). The Morgan fingerprint density at radius 3 is 2.71 bits per heavy atom. The summed E-state index contributed by atoms with van der Waals surface area (Å²) in [7, 11) is 1.82. The SMILES string of the molecule is CN(C(=O)CCCl)c1ccc2c(c1)CCCC2. The Morgan fingerprint density at radius 2 is 2.00 bits per heavy atom. The normalized spacial score (nSPS) is 14.2. The van der Waals surface area contributed by atoms with Crippen molar-refractivity contribution >= 4 is 23.2 Å². The summed E-state index contributed by atoms with van der Waals surface area (Å²) in [4.78, 5) is 13.5. The molecule has 1 aliphatic carbocycles. The molecule has 0 unspecified atom stereocenters. The number of anilines is 1. The lowest BCUT2D eigenvalue weighted by atomic mass is 9.91. The van der Waals surface area contributed by atoms with Crippen molar-refractivity contribution in [3.63, 3.8) is 0 Å². The van der Waals surface area contributed by atoms with Crippen LogP contribution in [0.25, 0.3) is 0 Å². The third-order valence-corrected chi connectivity index (χ3v) is 3.59. The first-order valence-corrected chi connectivity index (χ1v) is 6.70. The van der Waals surface area contributed by atoms with Crippen LogP contribution < -0.4 is 4.90 Å². The van der Waals surface area contributed by atoms with Crippen molar-refractivity contribution in [1.29, 1.82) is 0 Å². The van der Waals surface area contributed by atoms with Gasteiger partial charge in [0.1, 0.15) is 0 Å². The fraction of sp³-hybridized carbons (Fsp3) is 0.500. The third-order valence-electron chi connectivity index (χ3n) is 3.40. The Bertz CT molecular complexity index is 417. The quantitative estimate of drug-likeness (QED) is 0.756. The molecule has 0 aliphatic heterocycles. The van der Waals surface area contributed by atoms with Crippen LogP contribution in [0.15, 0.2) is 18.2 Å². The molecule has 0 saturated carbocycles. The molecule has 0 N–H and O–H groups in total. The van der Waals surface area contributed by atoms with Gasteiger partial charge in [-0.15, -0.1) is 11.6 Å². The van der Waals surface area contributed by atoms with Crippen LogP contribution in [0.1, 0.15) is 30.4 Å². The Morgan fingerprint density at radius 1 is 1.29 bits per heavy atom. The van der Waals surface area contributed by atoms with E-state index in [1.54, 1.807) is 4.90 Å². The third kappa shape index (κ3) is 2.81. The van der Waals surface area contributed by atoms with E-state index in [2.05, 4.69) is 12.1 Å². The number of carbonyl (C=O) groups is 1. The van der Waals surface area contributed by atoms with Crippen molar-refractivity contribution in [2.75, 3.05) is 17.8 Å². The van der Waals surface area contributed by atoms with Gasteiger partial charge in [0, 0.05) is 25.0 Å². The number of benzene rings is 1. The summed E-state index contributed by atoms with van der Waals surface area (Å²) in [6.45, 7) is 0. The second-order valence-electron chi connectivity index (χ2n) is 4.55. The van der Waals surface area contributed by atoms with E-state index in [1.807, 2.05) is 13.1 Å². The van der Waals surface area contributed by atoms with Gasteiger partial charge in [0.05, 0.1) is 0 Å². The van der Waals surface area contributed by atoms with Gasteiger partial charge in [-0.1, -0.05) is 6.07 Å². The molecular weight excluding hydrogens is 234 g/mol. The van der Waals surface area contributed by atoms with Crippen LogP contribution in [0.4, 0.5) is 5.69 Å². The molecule has 17 heavy (non-hydrogen) atoms. The Kier molecular flexibility index (Phi) is 4.06. The summed E-state index contributed by atoms with van der Waals surface area (Å²) in [6, 6.07) is 6.35. The van der Waals surface area contributed by atoms with Crippen molar-refractivity contribution in [2.24, 2.45) is 0 Å². The fourth-order valence-corrected chi connectivity index (χ4v) is 2.48. The number of fused-ring (bicyclic) bond motifs is 1. The van der Waals surface area contributed by atoms with Gasteiger partial charge in [-0.3, -0.25) is 4.79 Å². The van der Waals surface area contributed by atoms with E-state index < -0.39 is 0 Å². The highest BCUT2D eigenvalue weighted by Crippen LogP contribution is 2.25. The lowest BCUT2D eigenvalue weighted by molar-refractivity contribution is -0.117. The summed E-state index contributed by atoms with van der Waals surface area (Å²) < 4.78 is 0. The number of aryl methyl sites for hydroxylation is 2. The average Bonchev–Trinajstić information content (AvgIpc) is 2.37. The Hall–Kier alpha value is -1.02. The first kappa shape index (κ1) is 12.4. The summed E-state index contributed by atoms with van der Waals surface area (Å²) >= 11 is 5.60. The highest BCUT2D eigenvalue weighted by molar-refractivity contribution is 6.19. The highest BCUT2D eigenvalue weighted by Gasteiger charge is 2.14. The van der Waals surface area contributed by atoms with Crippen LogP contribution in [0.3, 0.4) is 0 Å². The largest absolute Gasteiger partial charge is 0.315 e. The van der Waals surface area contributed by atoms with Crippen LogP contribution in [-0.4, -0.2) is 18.8 Å². The number of amides is 1. The van der Waals surface area contributed by atoms with Crippen LogP contribution in [0.2, 0.25) is 0 Å². The predicted molar refractivity (Wildman–Crippen MR) is 71.8 cm³/mol. The standard InChI is InChI=1S/C14H18ClNO/c1-16(14(17)8-9-15)13-7-6-11-4-2-3-5-12(11)10-13/h6-7,10H,2-5,8-9H2,1H3. The van der Waals surface area contributed by atoms with Crippen molar-refractivity contribution in [2.45, 2.75) is 32.1 Å². The number of halogens is 1. The van der Waals surface area contributed by atoms with E-state index in [0.29, 0.717) is 12.3 Å². The smallest absolute Gasteiger partial charge is 0.227 e. The summed E-state index contributed by atoms with van der Waals surface area (Å²) in [5, 5.41) is 0. The molecule has 0 radical (unpaired) electrons. The minimum atomic E-state index is 0.0794. The molecule has 0 heterocycles. The topological polar surface area (TPSA) is 20.3 Å². The molecule has 0 aromatic heterocycles. The molecule has 2 nitrogen and oxygen atoms in total. The van der Waals surface area contributed by atoms with E-state index in [4.69, 9.17) is 11.6 Å². The Balaban J connectivity index is 2.18. The van der Waals surface area contributed by atoms with E-state index in [0.717, 1.165) is 12.1 Å². The molecule has 0 bridgehead atoms. The molecule has 1 amide bonds. The fourth-order valence-electron chi connectivity index (χ4n) is 2.32. The van der Waals surface area contributed by atoms with Crippen molar-refractivity contribution < 1.29 is 4.79 Å². The molecule has 1 aliphatic rings. The molecule has 0 saturated heterocycles. The lowest BCUT2D eigenvalue weighted by Gasteiger charge is -2.21. The zero-order chi connectivity index (χ0) is 12.3.